The molecule has 0 fully saturated rings. The van der Waals surface area contributed by atoms with Crippen LogP contribution in [0.2, 0.25) is 0 Å². The van der Waals surface area contributed by atoms with E-state index in [1.165, 1.54) is 33.0 Å². The van der Waals surface area contributed by atoms with Gasteiger partial charge in [0.05, 0.1) is 28.4 Å². The Kier molecular flexibility index (Phi) is 6.84. The summed E-state index contributed by atoms with van der Waals surface area (Å²) in [5.74, 6) is 1.74. The molecule has 0 amide bonds. The minimum Gasteiger partial charge on any atom is -0.452 e. The van der Waals surface area contributed by atoms with E-state index in [0.717, 1.165) is 56.8 Å². The Bertz CT molecular complexity index is 2640. The molecule has 0 saturated heterocycles. The van der Waals surface area contributed by atoms with Gasteiger partial charge in [0.2, 0.25) is 0 Å². The van der Waals surface area contributed by atoms with Gasteiger partial charge in [-0.3, -0.25) is 0 Å². The van der Waals surface area contributed by atoms with Gasteiger partial charge in [0.1, 0.15) is 0 Å². The number of benzene rings is 8. The van der Waals surface area contributed by atoms with Crippen molar-refractivity contribution < 1.29 is 4.74 Å². The molecule has 3 nitrogen and oxygen atoms in total. The van der Waals surface area contributed by atoms with Gasteiger partial charge in [-0.05, 0) is 69.9 Å². The van der Waals surface area contributed by atoms with E-state index in [1.54, 1.807) is 0 Å². The van der Waals surface area contributed by atoms with Crippen LogP contribution in [0, 0.1) is 0 Å². The fourth-order valence-corrected chi connectivity index (χ4v) is 8.40. The van der Waals surface area contributed by atoms with Crippen LogP contribution >= 0.6 is 0 Å². The number of hydrogen-bond donors (Lipinski definition) is 0. The van der Waals surface area contributed by atoms with E-state index in [0.29, 0.717) is 0 Å². The maximum absolute atomic E-state index is 6.89. The normalized spacial score (nSPS) is 13.5. The van der Waals surface area contributed by atoms with Crippen LogP contribution in [0.5, 0.6) is 11.5 Å². The van der Waals surface area contributed by atoms with Crippen molar-refractivity contribution in [3.63, 3.8) is 0 Å². The first-order valence-corrected chi connectivity index (χ1v) is 17.9. The van der Waals surface area contributed by atoms with Crippen LogP contribution in [0.3, 0.4) is 0 Å². The van der Waals surface area contributed by atoms with Gasteiger partial charge >= 0.3 is 0 Å². The summed E-state index contributed by atoms with van der Waals surface area (Å²) in [6.07, 6.45) is 0. The van der Waals surface area contributed by atoms with E-state index in [1.807, 2.05) is 0 Å². The van der Waals surface area contributed by atoms with E-state index >= 15 is 0 Å². The standard InChI is InChI=1S/C49H36N2O/c1-49(2)40-24-14-29-45-47(40)51(44-28-13-23-39(48(44)52-45)35-19-7-4-8-20-35)43-27-15-26-42(46(43)49)50(37-31-30-33-16-9-10-21-36(33)32-37)41-25-12-11-22-38(41)34-17-5-3-6-18-34/h3-32H,1-2H3. The Morgan fingerprint density at radius 2 is 1.12 bits per heavy atom. The lowest BCUT2D eigenvalue weighted by Gasteiger charge is -2.47. The van der Waals surface area contributed by atoms with E-state index < -0.39 is 0 Å². The fourth-order valence-electron chi connectivity index (χ4n) is 8.40. The number of nitrogens with zero attached hydrogens (tertiary/aromatic N) is 2. The third-order valence-corrected chi connectivity index (χ3v) is 10.8. The minimum absolute atomic E-state index is 0.373. The van der Waals surface area contributed by atoms with Crippen LogP contribution in [-0.2, 0) is 5.41 Å². The molecule has 8 aromatic carbocycles. The lowest BCUT2D eigenvalue weighted by atomic mass is 9.72. The average Bonchev–Trinajstić information content (AvgIpc) is 3.20. The van der Waals surface area contributed by atoms with Crippen molar-refractivity contribution >= 4 is 44.9 Å². The van der Waals surface area contributed by atoms with Crippen LogP contribution in [0.4, 0.5) is 34.1 Å². The van der Waals surface area contributed by atoms with Gasteiger partial charge in [-0.1, -0.05) is 153 Å². The lowest BCUT2D eigenvalue weighted by Crippen LogP contribution is -2.34. The molecule has 0 N–H and O–H groups in total. The first-order chi connectivity index (χ1) is 25.6. The Balaban J connectivity index is 1.27. The van der Waals surface area contributed by atoms with Crippen LogP contribution in [0.15, 0.2) is 182 Å². The predicted molar refractivity (Wildman–Crippen MR) is 216 cm³/mol. The zero-order valence-corrected chi connectivity index (χ0v) is 29.1. The van der Waals surface area contributed by atoms with Crippen molar-refractivity contribution in [3.05, 3.63) is 193 Å². The molecule has 0 spiro atoms. The quantitative estimate of drug-likeness (QED) is 0.182. The van der Waals surface area contributed by atoms with Gasteiger partial charge in [-0.2, -0.15) is 0 Å². The van der Waals surface area contributed by atoms with E-state index in [2.05, 4.69) is 206 Å². The summed E-state index contributed by atoms with van der Waals surface area (Å²) in [5.41, 5.74) is 13.4. The summed E-state index contributed by atoms with van der Waals surface area (Å²) in [7, 11) is 0. The van der Waals surface area contributed by atoms with Gasteiger partial charge in [0.15, 0.2) is 11.5 Å². The van der Waals surface area contributed by atoms with Crippen LogP contribution in [-0.4, -0.2) is 0 Å². The molecule has 8 aromatic rings. The molecule has 3 heteroatoms. The van der Waals surface area contributed by atoms with Crippen molar-refractivity contribution in [2.75, 3.05) is 9.80 Å². The summed E-state index contributed by atoms with van der Waals surface area (Å²) in [4.78, 5) is 4.92. The van der Waals surface area contributed by atoms with Gasteiger partial charge in [0, 0.05) is 27.8 Å². The second kappa shape index (κ2) is 11.8. The van der Waals surface area contributed by atoms with Crippen molar-refractivity contribution in [3.8, 4) is 33.8 Å². The third-order valence-electron chi connectivity index (χ3n) is 10.8. The average molecular weight is 669 g/mol. The number of ether oxygens (including phenoxy) is 1. The van der Waals surface area contributed by atoms with E-state index in [-0.39, 0.29) is 5.41 Å². The molecule has 0 aliphatic carbocycles. The van der Waals surface area contributed by atoms with E-state index in [4.69, 9.17) is 4.74 Å². The molecule has 0 atom stereocenters. The van der Waals surface area contributed by atoms with Gasteiger partial charge in [-0.15, -0.1) is 0 Å². The molecule has 0 saturated carbocycles. The van der Waals surface area contributed by atoms with E-state index in [9.17, 15) is 0 Å². The molecule has 0 radical (unpaired) electrons. The molecule has 0 aromatic heterocycles. The molecule has 10 rings (SSSR count). The van der Waals surface area contributed by atoms with Gasteiger partial charge in [-0.25, -0.2) is 0 Å². The summed E-state index contributed by atoms with van der Waals surface area (Å²) in [6, 6.07) is 65.4. The SMILES string of the molecule is CC1(C)c2cccc3c2N(c2cccc(-c4ccccc4)c2O3)c2cccc(N(c3ccc4ccccc4c3)c3ccccc3-c3ccccc3)c21. The second-order valence-electron chi connectivity index (χ2n) is 14.2. The Labute approximate surface area is 304 Å². The first kappa shape index (κ1) is 30.3. The number of hydrogen-bond acceptors (Lipinski definition) is 3. The molecule has 248 valence electrons. The smallest absolute Gasteiger partial charge is 0.159 e. The van der Waals surface area contributed by atoms with Crippen molar-refractivity contribution in [1.29, 1.82) is 0 Å². The number of anilines is 6. The maximum Gasteiger partial charge on any atom is 0.159 e. The summed E-state index contributed by atoms with van der Waals surface area (Å²) >= 11 is 0. The zero-order valence-electron chi connectivity index (χ0n) is 29.1. The highest BCUT2D eigenvalue weighted by Gasteiger charge is 2.44. The molecule has 2 aliphatic rings. The monoisotopic (exact) mass is 668 g/mol. The maximum atomic E-state index is 6.89. The number of rotatable bonds is 5. The Hall–Kier alpha value is -6.58. The molecular weight excluding hydrogens is 633 g/mol. The highest BCUT2D eigenvalue weighted by molar-refractivity contribution is 6.00. The molecule has 2 heterocycles. The lowest BCUT2D eigenvalue weighted by molar-refractivity contribution is 0.473. The largest absolute Gasteiger partial charge is 0.452 e. The third kappa shape index (κ3) is 4.59. The Morgan fingerprint density at radius 3 is 1.92 bits per heavy atom. The van der Waals surface area contributed by atoms with Gasteiger partial charge in [0.25, 0.3) is 0 Å². The predicted octanol–water partition coefficient (Wildman–Crippen LogP) is 13.9. The molecule has 2 aliphatic heterocycles. The topological polar surface area (TPSA) is 15.7 Å². The molecule has 0 unspecified atom stereocenters. The van der Waals surface area contributed by atoms with Crippen LogP contribution in [0.1, 0.15) is 25.0 Å². The fraction of sp³-hybridized carbons (Fsp3) is 0.0612. The second-order valence-corrected chi connectivity index (χ2v) is 14.2. The summed E-state index contributed by atoms with van der Waals surface area (Å²) in [6.45, 7) is 4.72. The number of para-hydroxylation sites is 3. The van der Waals surface area contributed by atoms with Crippen LogP contribution in [0.25, 0.3) is 33.0 Å². The van der Waals surface area contributed by atoms with Crippen molar-refractivity contribution in [2.24, 2.45) is 0 Å². The summed E-state index contributed by atoms with van der Waals surface area (Å²) < 4.78 is 6.89. The van der Waals surface area contributed by atoms with Crippen molar-refractivity contribution in [2.45, 2.75) is 19.3 Å². The Morgan fingerprint density at radius 1 is 0.500 bits per heavy atom. The molecule has 52 heavy (non-hydrogen) atoms. The first-order valence-electron chi connectivity index (χ1n) is 17.9. The minimum atomic E-state index is -0.373. The molecule has 0 bridgehead atoms. The number of fused-ring (bicyclic) bond motifs is 5. The summed E-state index contributed by atoms with van der Waals surface area (Å²) in [5, 5.41) is 2.43. The van der Waals surface area contributed by atoms with Crippen LogP contribution < -0.4 is 14.5 Å². The molecular formula is C49H36N2O. The van der Waals surface area contributed by atoms with Gasteiger partial charge < -0.3 is 14.5 Å². The highest BCUT2D eigenvalue weighted by Crippen LogP contribution is 2.63. The zero-order chi connectivity index (χ0) is 34.8. The van der Waals surface area contributed by atoms with Crippen molar-refractivity contribution in [1.82, 2.24) is 0 Å². The highest BCUT2D eigenvalue weighted by atomic mass is 16.5.